The zero-order valence-electron chi connectivity index (χ0n) is 11.8. The summed E-state index contributed by atoms with van der Waals surface area (Å²) in [5.74, 6) is 4.69. The van der Waals surface area contributed by atoms with Gasteiger partial charge in [-0.25, -0.2) is 4.98 Å². The van der Waals surface area contributed by atoms with Crippen molar-refractivity contribution in [2.24, 2.45) is 0 Å². The van der Waals surface area contributed by atoms with Crippen LogP contribution < -0.4 is 0 Å². The van der Waals surface area contributed by atoms with E-state index in [4.69, 9.17) is 5.11 Å². The number of nitrogens with zero attached hydrogens (tertiary/aromatic N) is 3. The summed E-state index contributed by atoms with van der Waals surface area (Å²) < 4.78 is 0. The normalized spacial score (nSPS) is 9.40. The first-order valence-electron chi connectivity index (χ1n) is 5.97. The SMILES string of the molecule is CN(C)C(=O)CN(C)C(=O)c1ccc(C#CCO)cn1. The van der Waals surface area contributed by atoms with Gasteiger partial charge in [-0.2, -0.15) is 0 Å². The summed E-state index contributed by atoms with van der Waals surface area (Å²) in [5, 5.41) is 8.58. The van der Waals surface area contributed by atoms with E-state index in [0.717, 1.165) is 0 Å². The Kier molecular flexibility index (Phi) is 5.69. The van der Waals surface area contributed by atoms with Crippen LogP contribution in [0.4, 0.5) is 0 Å². The van der Waals surface area contributed by atoms with Crippen molar-refractivity contribution < 1.29 is 14.7 Å². The van der Waals surface area contributed by atoms with Crippen LogP contribution in [0.2, 0.25) is 0 Å². The van der Waals surface area contributed by atoms with E-state index in [1.54, 1.807) is 33.3 Å². The average Bonchev–Trinajstić information content (AvgIpc) is 2.44. The van der Waals surface area contributed by atoms with Gasteiger partial charge in [0.25, 0.3) is 5.91 Å². The molecule has 0 atom stereocenters. The fourth-order valence-electron chi connectivity index (χ4n) is 1.35. The summed E-state index contributed by atoms with van der Waals surface area (Å²) in [4.78, 5) is 30.3. The highest BCUT2D eigenvalue weighted by molar-refractivity contribution is 5.94. The minimum Gasteiger partial charge on any atom is -0.384 e. The van der Waals surface area contributed by atoms with Crippen molar-refractivity contribution in [3.05, 3.63) is 29.6 Å². The smallest absolute Gasteiger partial charge is 0.272 e. The number of amides is 2. The van der Waals surface area contributed by atoms with Gasteiger partial charge in [-0.1, -0.05) is 11.8 Å². The summed E-state index contributed by atoms with van der Waals surface area (Å²) in [6.45, 7) is -0.227. The van der Waals surface area contributed by atoms with Gasteiger partial charge in [-0.3, -0.25) is 9.59 Å². The molecule has 6 heteroatoms. The van der Waals surface area contributed by atoms with Crippen LogP contribution in [-0.2, 0) is 4.79 Å². The molecule has 0 radical (unpaired) electrons. The van der Waals surface area contributed by atoms with Gasteiger partial charge < -0.3 is 14.9 Å². The predicted octanol–water partition coefficient (Wildman–Crippen LogP) is -0.414. The van der Waals surface area contributed by atoms with Gasteiger partial charge >= 0.3 is 0 Å². The molecule has 0 aliphatic heterocycles. The molecule has 0 aliphatic carbocycles. The Morgan fingerprint density at radius 1 is 1.30 bits per heavy atom. The lowest BCUT2D eigenvalue weighted by Gasteiger charge is -2.18. The van der Waals surface area contributed by atoms with Gasteiger partial charge in [0, 0.05) is 32.9 Å². The van der Waals surface area contributed by atoms with Crippen molar-refractivity contribution in [1.82, 2.24) is 14.8 Å². The molecule has 0 aromatic carbocycles. The highest BCUT2D eigenvalue weighted by Crippen LogP contribution is 2.03. The van der Waals surface area contributed by atoms with Crippen LogP contribution in [-0.4, -0.2) is 66.0 Å². The fraction of sp³-hybridized carbons (Fsp3) is 0.357. The number of aromatic nitrogens is 1. The second-order valence-electron chi connectivity index (χ2n) is 4.34. The molecule has 1 rings (SSSR count). The highest BCUT2D eigenvalue weighted by Gasteiger charge is 2.16. The molecule has 20 heavy (non-hydrogen) atoms. The first-order chi connectivity index (χ1) is 9.45. The van der Waals surface area contributed by atoms with E-state index < -0.39 is 0 Å². The van der Waals surface area contributed by atoms with Gasteiger partial charge in [0.05, 0.1) is 6.54 Å². The Bertz CT molecular complexity index is 541. The zero-order chi connectivity index (χ0) is 15.1. The van der Waals surface area contributed by atoms with E-state index >= 15 is 0 Å². The Morgan fingerprint density at radius 2 is 2.00 bits per heavy atom. The number of aliphatic hydroxyl groups excluding tert-OH is 1. The number of likely N-dealkylation sites (N-methyl/N-ethyl adjacent to an activating group) is 2. The number of rotatable bonds is 3. The van der Waals surface area contributed by atoms with Crippen molar-refractivity contribution in [2.75, 3.05) is 34.3 Å². The van der Waals surface area contributed by atoms with Crippen molar-refractivity contribution >= 4 is 11.8 Å². The molecule has 0 fully saturated rings. The number of aliphatic hydroxyl groups is 1. The molecule has 0 aliphatic rings. The van der Waals surface area contributed by atoms with Crippen LogP contribution in [0.1, 0.15) is 16.1 Å². The molecule has 2 amide bonds. The van der Waals surface area contributed by atoms with Crippen LogP contribution in [0.3, 0.4) is 0 Å². The van der Waals surface area contributed by atoms with Gasteiger partial charge in [-0.05, 0) is 12.1 Å². The first kappa shape index (κ1) is 15.7. The second kappa shape index (κ2) is 7.26. The number of hydrogen-bond acceptors (Lipinski definition) is 4. The van der Waals surface area contributed by atoms with Crippen molar-refractivity contribution in [3.8, 4) is 11.8 Å². The van der Waals surface area contributed by atoms with Crippen LogP contribution in [0.5, 0.6) is 0 Å². The molecule has 106 valence electrons. The average molecular weight is 275 g/mol. The van der Waals surface area contributed by atoms with Gasteiger partial charge in [0.2, 0.25) is 5.91 Å². The van der Waals surface area contributed by atoms with Crippen LogP contribution in [0.15, 0.2) is 18.3 Å². The molecule has 1 aromatic heterocycles. The van der Waals surface area contributed by atoms with Crippen molar-refractivity contribution in [3.63, 3.8) is 0 Å². The van der Waals surface area contributed by atoms with E-state index in [1.807, 2.05) is 0 Å². The number of pyridine rings is 1. The molecule has 0 bridgehead atoms. The van der Waals surface area contributed by atoms with E-state index in [1.165, 1.54) is 16.0 Å². The lowest BCUT2D eigenvalue weighted by atomic mass is 10.2. The minimum absolute atomic E-state index is 0.000414. The summed E-state index contributed by atoms with van der Waals surface area (Å²) in [6, 6.07) is 3.19. The minimum atomic E-state index is -0.332. The Labute approximate surface area is 118 Å². The largest absolute Gasteiger partial charge is 0.384 e. The molecule has 1 aromatic rings. The third-order valence-electron chi connectivity index (χ3n) is 2.51. The van der Waals surface area contributed by atoms with Crippen LogP contribution >= 0.6 is 0 Å². The summed E-state index contributed by atoms with van der Waals surface area (Å²) in [7, 11) is 4.81. The molecular formula is C14H17N3O3. The maximum atomic E-state index is 12.0. The Morgan fingerprint density at radius 3 is 2.50 bits per heavy atom. The van der Waals surface area contributed by atoms with Crippen molar-refractivity contribution in [1.29, 1.82) is 0 Å². The van der Waals surface area contributed by atoms with Crippen LogP contribution in [0, 0.1) is 11.8 Å². The maximum Gasteiger partial charge on any atom is 0.272 e. The van der Waals surface area contributed by atoms with E-state index in [2.05, 4.69) is 16.8 Å². The summed E-state index contributed by atoms with van der Waals surface area (Å²) in [6.07, 6.45) is 1.46. The van der Waals surface area contributed by atoms with Gasteiger partial charge in [0.15, 0.2) is 0 Å². The third kappa shape index (κ3) is 4.37. The van der Waals surface area contributed by atoms with E-state index in [-0.39, 0.29) is 30.7 Å². The molecule has 0 unspecified atom stereocenters. The van der Waals surface area contributed by atoms with Gasteiger partial charge in [0.1, 0.15) is 12.3 Å². The molecule has 1 heterocycles. The van der Waals surface area contributed by atoms with Crippen LogP contribution in [0.25, 0.3) is 0 Å². The predicted molar refractivity (Wildman–Crippen MR) is 73.9 cm³/mol. The standard InChI is InChI=1S/C14H17N3O3/c1-16(2)13(19)10-17(3)14(20)12-7-6-11(9-15-12)5-4-8-18/h6-7,9,18H,8,10H2,1-3H3. The topological polar surface area (TPSA) is 73.7 Å². The monoisotopic (exact) mass is 275 g/mol. The lowest BCUT2D eigenvalue weighted by Crippen LogP contribution is -2.38. The zero-order valence-corrected chi connectivity index (χ0v) is 11.8. The molecule has 0 spiro atoms. The quantitative estimate of drug-likeness (QED) is 0.761. The number of carbonyl (C=O) groups excluding carboxylic acids is 2. The van der Waals surface area contributed by atoms with E-state index in [9.17, 15) is 9.59 Å². The second-order valence-corrected chi connectivity index (χ2v) is 4.34. The molecule has 0 saturated carbocycles. The molecule has 6 nitrogen and oxygen atoms in total. The van der Waals surface area contributed by atoms with Crippen molar-refractivity contribution in [2.45, 2.75) is 0 Å². The first-order valence-corrected chi connectivity index (χ1v) is 5.97. The summed E-state index contributed by atoms with van der Waals surface area (Å²) in [5.41, 5.74) is 0.858. The molecule has 0 saturated heterocycles. The highest BCUT2D eigenvalue weighted by atomic mass is 16.2. The molecule has 1 N–H and O–H groups in total. The fourth-order valence-corrected chi connectivity index (χ4v) is 1.35. The summed E-state index contributed by atoms with van der Waals surface area (Å²) >= 11 is 0. The van der Waals surface area contributed by atoms with E-state index in [0.29, 0.717) is 5.56 Å². The Balaban J connectivity index is 2.74. The maximum absolute atomic E-state index is 12.0. The number of hydrogen-bond donors (Lipinski definition) is 1. The Hall–Kier alpha value is -2.39. The third-order valence-corrected chi connectivity index (χ3v) is 2.51. The number of carbonyl (C=O) groups is 2. The molecular weight excluding hydrogens is 258 g/mol. The lowest BCUT2D eigenvalue weighted by molar-refractivity contribution is -0.129. The van der Waals surface area contributed by atoms with Gasteiger partial charge in [-0.15, -0.1) is 0 Å².